The van der Waals surface area contributed by atoms with Crippen LogP contribution >= 0.6 is 11.3 Å². The lowest BCUT2D eigenvalue weighted by Crippen LogP contribution is -2.35. The Morgan fingerprint density at radius 3 is 2.79 bits per heavy atom. The van der Waals surface area contributed by atoms with Gasteiger partial charge in [0.25, 0.3) is 11.5 Å². The van der Waals surface area contributed by atoms with Crippen LogP contribution in [0.1, 0.15) is 66.0 Å². The van der Waals surface area contributed by atoms with E-state index < -0.39 is 5.97 Å². The minimum atomic E-state index is -0.568. The van der Waals surface area contributed by atoms with Crippen molar-refractivity contribution in [2.24, 2.45) is 0 Å². The van der Waals surface area contributed by atoms with E-state index in [1.165, 1.54) is 11.3 Å². The third-order valence-corrected chi connectivity index (χ3v) is 6.82. The summed E-state index contributed by atoms with van der Waals surface area (Å²) in [6, 6.07) is 0.192. The standard InChI is InChI=1S/C20H25N3O4S/c1-12-16-18(22-14-9-3-2-6-10-23(14)19(16)25)28-17(12)20(26)27-11-15(24)21-13-7-4-5-8-13/h13H,2-11H2,1H3,(H,21,24). The summed E-state index contributed by atoms with van der Waals surface area (Å²) in [7, 11) is 0. The molecule has 0 unspecified atom stereocenters. The summed E-state index contributed by atoms with van der Waals surface area (Å²) >= 11 is 1.18. The molecule has 28 heavy (non-hydrogen) atoms. The van der Waals surface area contributed by atoms with Gasteiger partial charge >= 0.3 is 5.97 Å². The van der Waals surface area contributed by atoms with Crippen molar-refractivity contribution in [2.75, 3.05) is 6.61 Å². The summed E-state index contributed by atoms with van der Waals surface area (Å²) in [6.45, 7) is 2.13. The Morgan fingerprint density at radius 2 is 2.00 bits per heavy atom. The minimum absolute atomic E-state index is 0.0753. The van der Waals surface area contributed by atoms with Gasteiger partial charge in [0.05, 0.1) is 5.39 Å². The largest absolute Gasteiger partial charge is 0.451 e. The zero-order valence-electron chi connectivity index (χ0n) is 16.1. The predicted molar refractivity (Wildman–Crippen MR) is 107 cm³/mol. The number of fused-ring (bicyclic) bond motifs is 2. The summed E-state index contributed by atoms with van der Waals surface area (Å²) in [5.74, 6) is -0.0438. The molecule has 150 valence electrons. The van der Waals surface area contributed by atoms with Crippen LogP contribution in [0.4, 0.5) is 0 Å². The SMILES string of the molecule is Cc1c(C(=O)OCC(=O)NC2CCCC2)sc2nc3n(c(=O)c12)CCCCC3. The molecular formula is C20H25N3O4S. The van der Waals surface area contributed by atoms with Crippen LogP contribution in [0, 0.1) is 6.92 Å². The second kappa shape index (κ2) is 8.03. The van der Waals surface area contributed by atoms with Crippen molar-refractivity contribution >= 4 is 33.4 Å². The zero-order valence-corrected chi connectivity index (χ0v) is 16.9. The minimum Gasteiger partial charge on any atom is -0.451 e. The van der Waals surface area contributed by atoms with E-state index in [0.717, 1.165) is 57.2 Å². The lowest BCUT2D eigenvalue weighted by molar-refractivity contribution is -0.124. The number of aryl methyl sites for hydroxylation is 2. The number of esters is 1. The number of carbonyl (C=O) groups excluding carboxylic acids is 2. The first kappa shape index (κ1) is 19.1. The number of ether oxygens (including phenoxy) is 1. The van der Waals surface area contributed by atoms with Crippen LogP contribution in [0.15, 0.2) is 4.79 Å². The number of carbonyl (C=O) groups is 2. The Kier molecular flexibility index (Phi) is 5.48. The van der Waals surface area contributed by atoms with Crippen molar-refractivity contribution in [2.45, 2.75) is 70.9 Å². The van der Waals surface area contributed by atoms with Crippen LogP contribution in [0.2, 0.25) is 0 Å². The number of hydrogen-bond acceptors (Lipinski definition) is 6. The molecule has 8 heteroatoms. The summed E-state index contributed by atoms with van der Waals surface area (Å²) in [5.41, 5.74) is 0.520. The molecule has 1 aliphatic heterocycles. The summed E-state index contributed by atoms with van der Waals surface area (Å²) in [5, 5.41) is 3.40. The highest BCUT2D eigenvalue weighted by Crippen LogP contribution is 2.29. The van der Waals surface area contributed by atoms with Gasteiger partial charge in [-0.25, -0.2) is 9.78 Å². The van der Waals surface area contributed by atoms with Crippen molar-refractivity contribution in [1.29, 1.82) is 0 Å². The molecule has 2 aromatic rings. The first-order valence-electron chi connectivity index (χ1n) is 10.0. The summed E-state index contributed by atoms with van der Waals surface area (Å²) in [4.78, 5) is 43.1. The zero-order chi connectivity index (χ0) is 19.7. The fourth-order valence-electron chi connectivity index (χ4n) is 4.14. The molecule has 0 bridgehead atoms. The van der Waals surface area contributed by atoms with E-state index in [1.807, 2.05) is 0 Å². The summed E-state index contributed by atoms with van der Waals surface area (Å²) in [6.07, 6.45) is 8.07. The molecule has 0 aromatic carbocycles. The average molecular weight is 404 g/mol. The van der Waals surface area contributed by atoms with Gasteiger partial charge in [0.1, 0.15) is 15.5 Å². The molecule has 1 amide bonds. The molecule has 0 spiro atoms. The highest BCUT2D eigenvalue weighted by molar-refractivity contribution is 7.20. The van der Waals surface area contributed by atoms with Crippen molar-refractivity contribution in [3.63, 3.8) is 0 Å². The van der Waals surface area contributed by atoms with E-state index in [2.05, 4.69) is 10.3 Å². The number of amides is 1. The van der Waals surface area contributed by atoms with Crippen LogP contribution in [0.3, 0.4) is 0 Å². The highest BCUT2D eigenvalue weighted by atomic mass is 32.1. The summed E-state index contributed by atoms with van der Waals surface area (Å²) < 4.78 is 6.97. The van der Waals surface area contributed by atoms with E-state index in [0.29, 0.717) is 27.2 Å². The number of thiophene rings is 1. The van der Waals surface area contributed by atoms with Crippen LogP contribution in [-0.2, 0) is 22.5 Å². The Hall–Kier alpha value is -2.22. The second-order valence-corrected chi connectivity index (χ2v) is 8.66. The third kappa shape index (κ3) is 3.70. The maximum absolute atomic E-state index is 13.0. The number of rotatable bonds is 4. The molecule has 1 aliphatic carbocycles. The third-order valence-electron chi connectivity index (χ3n) is 5.65. The first-order chi connectivity index (χ1) is 13.5. The Balaban J connectivity index is 1.52. The Morgan fingerprint density at radius 1 is 1.21 bits per heavy atom. The van der Waals surface area contributed by atoms with Gasteiger partial charge in [-0.05, 0) is 38.2 Å². The van der Waals surface area contributed by atoms with Gasteiger partial charge in [-0.15, -0.1) is 11.3 Å². The molecule has 1 N–H and O–H groups in total. The molecule has 0 saturated heterocycles. The molecule has 7 nitrogen and oxygen atoms in total. The molecule has 2 aromatic heterocycles. The monoisotopic (exact) mass is 403 g/mol. The Bertz CT molecular complexity index is 972. The highest BCUT2D eigenvalue weighted by Gasteiger charge is 2.24. The Labute approximate surface area is 167 Å². The van der Waals surface area contributed by atoms with E-state index in [-0.39, 0.29) is 24.1 Å². The first-order valence-corrected chi connectivity index (χ1v) is 10.9. The fourth-order valence-corrected chi connectivity index (χ4v) is 5.22. The predicted octanol–water partition coefficient (Wildman–Crippen LogP) is 2.71. The number of nitrogens with one attached hydrogen (secondary N) is 1. The number of nitrogens with zero attached hydrogens (tertiary/aromatic N) is 2. The van der Waals surface area contributed by atoms with E-state index in [4.69, 9.17) is 4.74 Å². The van der Waals surface area contributed by atoms with Gasteiger partial charge in [-0.2, -0.15) is 0 Å². The molecule has 1 saturated carbocycles. The van der Waals surface area contributed by atoms with Gasteiger partial charge in [0.15, 0.2) is 6.61 Å². The van der Waals surface area contributed by atoms with E-state index in [9.17, 15) is 14.4 Å². The van der Waals surface area contributed by atoms with Crippen LogP contribution in [0.5, 0.6) is 0 Å². The van der Waals surface area contributed by atoms with Gasteiger partial charge in [0.2, 0.25) is 0 Å². The van der Waals surface area contributed by atoms with Gasteiger partial charge < -0.3 is 10.1 Å². The normalized spacial score (nSPS) is 17.3. The lowest BCUT2D eigenvalue weighted by atomic mass is 10.2. The van der Waals surface area contributed by atoms with Gasteiger partial charge in [-0.3, -0.25) is 14.2 Å². The van der Waals surface area contributed by atoms with Crippen molar-refractivity contribution in [3.05, 3.63) is 26.6 Å². The van der Waals surface area contributed by atoms with Gasteiger partial charge in [0, 0.05) is 19.0 Å². The fraction of sp³-hybridized carbons (Fsp3) is 0.600. The molecule has 1 fully saturated rings. The van der Waals surface area contributed by atoms with Crippen LogP contribution in [0.25, 0.3) is 10.2 Å². The topological polar surface area (TPSA) is 90.3 Å². The smallest absolute Gasteiger partial charge is 0.349 e. The van der Waals surface area contributed by atoms with E-state index >= 15 is 0 Å². The lowest BCUT2D eigenvalue weighted by Gasteiger charge is -2.11. The maximum Gasteiger partial charge on any atom is 0.349 e. The molecule has 3 heterocycles. The molecular weight excluding hydrogens is 378 g/mol. The molecule has 4 rings (SSSR count). The number of hydrogen-bond donors (Lipinski definition) is 1. The van der Waals surface area contributed by atoms with E-state index in [1.54, 1.807) is 11.5 Å². The molecule has 0 atom stereocenters. The maximum atomic E-state index is 13.0. The second-order valence-electron chi connectivity index (χ2n) is 7.66. The molecule has 2 aliphatic rings. The van der Waals surface area contributed by atoms with Crippen molar-refractivity contribution in [1.82, 2.24) is 14.9 Å². The van der Waals surface area contributed by atoms with Crippen LogP contribution < -0.4 is 10.9 Å². The van der Waals surface area contributed by atoms with Crippen LogP contribution in [-0.4, -0.2) is 34.1 Å². The number of aromatic nitrogens is 2. The van der Waals surface area contributed by atoms with Crippen molar-refractivity contribution < 1.29 is 14.3 Å². The van der Waals surface area contributed by atoms with Crippen molar-refractivity contribution in [3.8, 4) is 0 Å². The van der Waals surface area contributed by atoms with Gasteiger partial charge in [-0.1, -0.05) is 19.3 Å². The molecule has 0 radical (unpaired) electrons. The average Bonchev–Trinajstić information content (AvgIpc) is 3.21. The quantitative estimate of drug-likeness (QED) is 0.793.